The van der Waals surface area contributed by atoms with E-state index in [0.29, 0.717) is 12.8 Å². The normalized spacial score (nSPS) is 13.4. The number of ketones is 1. The molecule has 0 spiro atoms. The number of aliphatic hydroxyl groups is 1. The van der Waals surface area contributed by atoms with Gasteiger partial charge in [-0.25, -0.2) is 0 Å². The SMILES string of the molecule is COc1cc(CCCC(=O)c2ccc(CCC(C)(N)CO)n2C)ccc1C. The number of nitrogens with zero attached hydrogens (tertiary/aromatic N) is 1. The van der Waals surface area contributed by atoms with Crippen molar-refractivity contribution in [3.63, 3.8) is 0 Å². The highest BCUT2D eigenvalue weighted by molar-refractivity contribution is 5.94. The third-order valence-electron chi connectivity index (χ3n) is 5.17. The van der Waals surface area contributed by atoms with Gasteiger partial charge in [0.05, 0.1) is 19.4 Å². The fourth-order valence-electron chi connectivity index (χ4n) is 3.18. The molecule has 5 nitrogen and oxygen atoms in total. The standard InChI is InChI=1S/C22H32N2O3/c1-16-8-9-17(14-21(16)27-4)6-5-7-20(26)19-11-10-18(24(19)3)12-13-22(2,23)15-25/h8-11,14,25H,5-7,12-13,15,23H2,1-4H3. The summed E-state index contributed by atoms with van der Waals surface area (Å²) in [5, 5.41) is 9.28. The minimum atomic E-state index is -0.594. The van der Waals surface area contributed by atoms with Gasteiger partial charge in [-0.2, -0.15) is 0 Å². The summed E-state index contributed by atoms with van der Waals surface area (Å²) in [5.74, 6) is 1.04. The molecule has 5 heteroatoms. The second kappa shape index (κ2) is 9.20. The van der Waals surface area contributed by atoms with Crippen molar-refractivity contribution < 1.29 is 14.6 Å². The average Bonchev–Trinajstić information content (AvgIpc) is 3.02. The Labute approximate surface area is 162 Å². The first-order valence-corrected chi connectivity index (χ1v) is 9.48. The number of aromatic nitrogens is 1. The smallest absolute Gasteiger partial charge is 0.179 e. The number of methoxy groups -OCH3 is 1. The molecule has 1 aromatic carbocycles. The molecule has 1 atom stereocenters. The summed E-state index contributed by atoms with van der Waals surface area (Å²) in [4.78, 5) is 12.6. The summed E-state index contributed by atoms with van der Waals surface area (Å²) in [6.45, 7) is 3.81. The molecule has 0 saturated carbocycles. The van der Waals surface area contributed by atoms with Gasteiger partial charge in [-0.3, -0.25) is 4.79 Å². The number of carbonyl (C=O) groups is 1. The van der Waals surface area contributed by atoms with Crippen molar-refractivity contribution in [3.05, 3.63) is 52.8 Å². The lowest BCUT2D eigenvalue weighted by Gasteiger charge is -2.21. The number of hydrogen-bond acceptors (Lipinski definition) is 4. The first kappa shape index (κ1) is 21.2. The van der Waals surface area contributed by atoms with Crippen LogP contribution in [0.1, 0.15) is 53.5 Å². The quantitative estimate of drug-likeness (QED) is 0.628. The molecular weight excluding hydrogens is 340 g/mol. The topological polar surface area (TPSA) is 77.5 Å². The summed E-state index contributed by atoms with van der Waals surface area (Å²) in [7, 11) is 3.59. The van der Waals surface area contributed by atoms with Crippen LogP contribution in [0.2, 0.25) is 0 Å². The van der Waals surface area contributed by atoms with Gasteiger partial charge in [0.1, 0.15) is 5.75 Å². The lowest BCUT2D eigenvalue weighted by molar-refractivity contribution is 0.0972. The highest BCUT2D eigenvalue weighted by atomic mass is 16.5. The fourth-order valence-corrected chi connectivity index (χ4v) is 3.18. The molecule has 1 unspecified atom stereocenters. The van der Waals surface area contributed by atoms with Crippen molar-refractivity contribution in [1.82, 2.24) is 4.57 Å². The highest BCUT2D eigenvalue weighted by Crippen LogP contribution is 2.21. The lowest BCUT2D eigenvalue weighted by atomic mass is 9.97. The van der Waals surface area contributed by atoms with Crippen molar-refractivity contribution >= 4 is 5.78 Å². The molecule has 2 aromatic rings. The zero-order valence-electron chi connectivity index (χ0n) is 16.9. The van der Waals surface area contributed by atoms with Crippen LogP contribution < -0.4 is 10.5 Å². The largest absolute Gasteiger partial charge is 0.496 e. The van der Waals surface area contributed by atoms with E-state index in [2.05, 4.69) is 12.1 Å². The molecule has 0 amide bonds. The van der Waals surface area contributed by atoms with E-state index >= 15 is 0 Å². The third kappa shape index (κ3) is 5.68. The predicted octanol–water partition coefficient (Wildman–Crippen LogP) is 3.19. The second-order valence-electron chi connectivity index (χ2n) is 7.66. The Morgan fingerprint density at radius 3 is 2.67 bits per heavy atom. The van der Waals surface area contributed by atoms with Gasteiger partial charge < -0.3 is 20.1 Å². The molecule has 27 heavy (non-hydrogen) atoms. The maximum Gasteiger partial charge on any atom is 0.179 e. The van der Waals surface area contributed by atoms with Gasteiger partial charge >= 0.3 is 0 Å². The molecule has 0 radical (unpaired) electrons. The van der Waals surface area contributed by atoms with Crippen molar-refractivity contribution in [2.24, 2.45) is 12.8 Å². The number of ether oxygens (including phenoxy) is 1. The molecule has 0 fully saturated rings. The molecular formula is C22H32N2O3. The number of nitrogens with two attached hydrogens (primary N) is 1. The van der Waals surface area contributed by atoms with E-state index in [1.54, 1.807) is 7.11 Å². The molecule has 0 bridgehead atoms. The van der Waals surface area contributed by atoms with Crippen LogP contribution in [0.3, 0.4) is 0 Å². The number of benzene rings is 1. The molecule has 0 saturated heterocycles. The number of Topliss-reactive ketones (excluding diaryl/α,β-unsaturated/α-hetero) is 1. The Morgan fingerprint density at radius 2 is 2.00 bits per heavy atom. The van der Waals surface area contributed by atoms with E-state index in [-0.39, 0.29) is 12.4 Å². The molecule has 0 aliphatic heterocycles. The number of hydrogen-bond donors (Lipinski definition) is 2. The van der Waals surface area contributed by atoms with E-state index in [1.807, 2.05) is 43.7 Å². The Hall–Kier alpha value is -2.11. The maximum atomic E-state index is 12.6. The first-order valence-electron chi connectivity index (χ1n) is 9.48. The second-order valence-corrected chi connectivity index (χ2v) is 7.66. The third-order valence-corrected chi connectivity index (χ3v) is 5.17. The van der Waals surface area contributed by atoms with Gasteiger partial charge in [-0.15, -0.1) is 0 Å². The summed E-state index contributed by atoms with van der Waals surface area (Å²) in [5.41, 5.74) is 9.49. The van der Waals surface area contributed by atoms with E-state index in [1.165, 1.54) is 5.56 Å². The summed E-state index contributed by atoms with van der Waals surface area (Å²) in [6.07, 6.45) is 3.57. The van der Waals surface area contributed by atoms with Crippen LogP contribution in [0, 0.1) is 6.92 Å². The average molecular weight is 373 g/mol. The van der Waals surface area contributed by atoms with Crippen molar-refractivity contribution in [1.29, 1.82) is 0 Å². The number of aryl methyl sites for hydroxylation is 3. The van der Waals surface area contributed by atoms with Crippen LogP contribution in [0.4, 0.5) is 0 Å². The maximum absolute atomic E-state index is 12.6. The molecule has 0 aliphatic carbocycles. The molecule has 1 aromatic heterocycles. The Kier molecular flexibility index (Phi) is 7.22. The molecule has 0 aliphatic rings. The summed E-state index contributed by atoms with van der Waals surface area (Å²) < 4.78 is 7.31. The minimum Gasteiger partial charge on any atom is -0.496 e. The van der Waals surface area contributed by atoms with Gasteiger partial charge in [0.15, 0.2) is 5.78 Å². The molecule has 2 rings (SSSR count). The van der Waals surface area contributed by atoms with Crippen molar-refractivity contribution in [2.75, 3.05) is 13.7 Å². The zero-order chi connectivity index (χ0) is 20.0. The van der Waals surface area contributed by atoms with Gasteiger partial charge in [0.25, 0.3) is 0 Å². The Bertz CT molecular complexity index is 778. The number of carbonyl (C=O) groups excluding carboxylic acids is 1. The zero-order valence-corrected chi connectivity index (χ0v) is 16.9. The van der Waals surface area contributed by atoms with Crippen LogP contribution in [-0.2, 0) is 19.9 Å². The minimum absolute atomic E-state index is 0.0486. The number of aliphatic hydroxyl groups excluding tert-OH is 1. The van der Waals surface area contributed by atoms with E-state index in [0.717, 1.165) is 42.0 Å². The molecule has 148 valence electrons. The van der Waals surface area contributed by atoms with Crippen LogP contribution in [-0.4, -0.2) is 34.7 Å². The van der Waals surface area contributed by atoms with Crippen LogP contribution >= 0.6 is 0 Å². The van der Waals surface area contributed by atoms with E-state index in [9.17, 15) is 9.90 Å². The highest BCUT2D eigenvalue weighted by Gasteiger charge is 2.19. The van der Waals surface area contributed by atoms with Crippen molar-refractivity contribution in [2.45, 2.75) is 51.5 Å². The Balaban J connectivity index is 1.91. The van der Waals surface area contributed by atoms with Crippen LogP contribution in [0.25, 0.3) is 0 Å². The monoisotopic (exact) mass is 372 g/mol. The molecule has 3 N–H and O–H groups in total. The van der Waals surface area contributed by atoms with Crippen molar-refractivity contribution in [3.8, 4) is 5.75 Å². The van der Waals surface area contributed by atoms with Crippen LogP contribution in [0.15, 0.2) is 30.3 Å². The number of rotatable bonds is 10. The Morgan fingerprint density at radius 1 is 1.26 bits per heavy atom. The van der Waals surface area contributed by atoms with Gasteiger partial charge in [-0.1, -0.05) is 12.1 Å². The van der Waals surface area contributed by atoms with Crippen LogP contribution in [0.5, 0.6) is 5.75 Å². The van der Waals surface area contributed by atoms with Gasteiger partial charge in [0, 0.05) is 24.7 Å². The van der Waals surface area contributed by atoms with E-state index < -0.39 is 5.54 Å². The summed E-state index contributed by atoms with van der Waals surface area (Å²) in [6, 6.07) is 10.1. The fraction of sp³-hybridized carbons (Fsp3) is 0.500. The van der Waals surface area contributed by atoms with Gasteiger partial charge in [0.2, 0.25) is 0 Å². The summed E-state index contributed by atoms with van der Waals surface area (Å²) >= 11 is 0. The van der Waals surface area contributed by atoms with Gasteiger partial charge in [-0.05, 0) is 68.9 Å². The lowest BCUT2D eigenvalue weighted by Crippen LogP contribution is -2.40. The van der Waals surface area contributed by atoms with E-state index in [4.69, 9.17) is 10.5 Å². The first-order chi connectivity index (χ1) is 12.8. The predicted molar refractivity (Wildman–Crippen MR) is 108 cm³/mol. The molecule has 1 heterocycles.